The van der Waals surface area contributed by atoms with E-state index in [9.17, 15) is 9.59 Å². The zero-order chi connectivity index (χ0) is 16.0. The molecule has 118 valence electrons. The van der Waals surface area contributed by atoms with Gasteiger partial charge in [0.2, 0.25) is 0 Å². The third-order valence-corrected chi connectivity index (χ3v) is 3.90. The first kappa shape index (κ1) is 17.4. The second kappa shape index (κ2) is 7.93. The van der Waals surface area contributed by atoms with Crippen molar-refractivity contribution in [1.29, 1.82) is 0 Å². The second-order valence-corrected chi connectivity index (χ2v) is 5.12. The van der Waals surface area contributed by atoms with Crippen LogP contribution in [0.3, 0.4) is 0 Å². The summed E-state index contributed by atoms with van der Waals surface area (Å²) in [5.74, 6) is -0.838. The lowest BCUT2D eigenvalue weighted by molar-refractivity contribution is -0.136. The van der Waals surface area contributed by atoms with Gasteiger partial charge in [0, 0.05) is 30.9 Å². The molecule has 0 aliphatic carbocycles. The Balaban J connectivity index is 3.00. The molecule has 21 heavy (non-hydrogen) atoms. The highest BCUT2D eigenvalue weighted by molar-refractivity contribution is 5.67. The lowest BCUT2D eigenvalue weighted by atomic mass is 10.1. The number of aromatic nitrogens is 2. The SMILES string of the molecule is CCN(CC)CCn1c(C)c(CCC(=O)O)c(C)nc1=O. The summed E-state index contributed by atoms with van der Waals surface area (Å²) < 4.78 is 1.66. The molecule has 0 spiro atoms. The Morgan fingerprint density at radius 3 is 2.43 bits per heavy atom. The molecule has 0 aliphatic rings. The van der Waals surface area contributed by atoms with Gasteiger partial charge < -0.3 is 10.0 Å². The fourth-order valence-corrected chi connectivity index (χ4v) is 2.48. The van der Waals surface area contributed by atoms with Crippen molar-refractivity contribution in [2.45, 2.75) is 47.1 Å². The highest BCUT2D eigenvalue weighted by atomic mass is 16.4. The number of rotatable bonds is 8. The number of aryl methyl sites for hydroxylation is 1. The van der Waals surface area contributed by atoms with Crippen LogP contribution in [0.25, 0.3) is 0 Å². The molecule has 0 aliphatic heterocycles. The van der Waals surface area contributed by atoms with E-state index in [2.05, 4.69) is 23.7 Å². The zero-order valence-corrected chi connectivity index (χ0v) is 13.3. The van der Waals surface area contributed by atoms with Gasteiger partial charge in [-0.2, -0.15) is 4.98 Å². The summed E-state index contributed by atoms with van der Waals surface area (Å²) in [6.07, 6.45) is 0.461. The van der Waals surface area contributed by atoms with Gasteiger partial charge in [0.1, 0.15) is 0 Å². The van der Waals surface area contributed by atoms with Crippen molar-refractivity contribution in [2.75, 3.05) is 19.6 Å². The predicted molar refractivity (Wildman–Crippen MR) is 81.7 cm³/mol. The number of hydrogen-bond donors (Lipinski definition) is 1. The van der Waals surface area contributed by atoms with Gasteiger partial charge in [-0.1, -0.05) is 13.8 Å². The van der Waals surface area contributed by atoms with Crippen LogP contribution in [0.2, 0.25) is 0 Å². The predicted octanol–water partition coefficient (Wildman–Crippen LogP) is 1.22. The monoisotopic (exact) mass is 295 g/mol. The van der Waals surface area contributed by atoms with E-state index in [1.807, 2.05) is 6.92 Å². The van der Waals surface area contributed by atoms with Crippen molar-refractivity contribution in [2.24, 2.45) is 0 Å². The van der Waals surface area contributed by atoms with Crippen LogP contribution in [0.15, 0.2) is 4.79 Å². The minimum atomic E-state index is -0.838. The molecule has 0 unspecified atom stereocenters. The van der Waals surface area contributed by atoms with Gasteiger partial charge in [-0.05, 0) is 38.9 Å². The highest BCUT2D eigenvalue weighted by Gasteiger charge is 2.13. The maximum absolute atomic E-state index is 12.1. The van der Waals surface area contributed by atoms with Gasteiger partial charge in [-0.15, -0.1) is 0 Å². The largest absolute Gasteiger partial charge is 0.481 e. The topological polar surface area (TPSA) is 75.4 Å². The molecule has 1 aromatic heterocycles. The van der Waals surface area contributed by atoms with Crippen LogP contribution in [0, 0.1) is 13.8 Å². The number of carbonyl (C=O) groups is 1. The molecule has 1 N–H and O–H groups in total. The maximum Gasteiger partial charge on any atom is 0.348 e. The Morgan fingerprint density at radius 2 is 1.90 bits per heavy atom. The first-order chi connectivity index (χ1) is 9.90. The van der Waals surface area contributed by atoms with Gasteiger partial charge in [-0.25, -0.2) is 4.79 Å². The van der Waals surface area contributed by atoms with E-state index in [1.54, 1.807) is 11.5 Å². The molecule has 0 fully saturated rings. The molecule has 0 saturated heterocycles. The van der Waals surface area contributed by atoms with Crippen molar-refractivity contribution in [3.8, 4) is 0 Å². The molecule has 6 nitrogen and oxygen atoms in total. The Hall–Kier alpha value is -1.69. The molecule has 1 rings (SSSR count). The number of carboxylic acid groups (broad SMARTS) is 1. The Bertz CT molecular complexity index is 548. The van der Waals surface area contributed by atoms with E-state index >= 15 is 0 Å². The Morgan fingerprint density at radius 1 is 1.29 bits per heavy atom. The number of aliphatic carboxylic acids is 1. The van der Waals surface area contributed by atoms with Gasteiger partial charge in [0.05, 0.1) is 0 Å². The van der Waals surface area contributed by atoms with Crippen LogP contribution in [0.1, 0.15) is 37.2 Å². The highest BCUT2D eigenvalue weighted by Crippen LogP contribution is 2.12. The summed E-state index contributed by atoms with van der Waals surface area (Å²) in [6.45, 7) is 11.1. The smallest absolute Gasteiger partial charge is 0.348 e. The minimum absolute atomic E-state index is 0.0532. The lowest BCUT2D eigenvalue weighted by Crippen LogP contribution is -2.34. The summed E-state index contributed by atoms with van der Waals surface area (Å²) in [7, 11) is 0. The second-order valence-electron chi connectivity index (χ2n) is 5.12. The van der Waals surface area contributed by atoms with Crippen LogP contribution < -0.4 is 5.69 Å². The van der Waals surface area contributed by atoms with Crippen molar-refractivity contribution in [1.82, 2.24) is 14.5 Å². The summed E-state index contributed by atoms with van der Waals surface area (Å²) in [4.78, 5) is 29.1. The summed E-state index contributed by atoms with van der Waals surface area (Å²) >= 11 is 0. The molecule has 1 heterocycles. The van der Waals surface area contributed by atoms with Crippen LogP contribution in [-0.4, -0.2) is 45.2 Å². The van der Waals surface area contributed by atoms with Gasteiger partial charge in [-0.3, -0.25) is 9.36 Å². The average molecular weight is 295 g/mol. The van der Waals surface area contributed by atoms with Crippen molar-refractivity contribution in [3.63, 3.8) is 0 Å². The van der Waals surface area contributed by atoms with E-state index in [0.717, 1.165) is 30.9 Å². The van der Waals surface area contributed by atoms with E-state index in [4.69, 9.17) is 5.11 Å². The molecule has 6 heteroatoms. The van der Waals surface area contributed by atoms with E-state index in [-0.39, 0.29) is 12.1 Å². The molecule has 0 amide bonds. The molecule has 0 radical (unpaired) electrons. The molecule has 0 bridgehead atoms. The molecule has 0 aromatic carbocycles. The van der Waals surface area contributed by atoms with E-state index in [0.29, 0.717) is 18.7 Å². The van der Waals surface area contributed by atoms with Crippen molar-refractivity contribution in [3.05, 3.63) is 27.4 Å². The van der Waals surface area contributed by atoms with Crippen LogP contribution in [0.5, 0.6) is 0 Å². The van der Waals surface area contributed by atoms with Gasteiger partial charge in [0.25, 0.3) is 0 Å². The molecular weight excluding hydrogens is 270 g/mol. The van der Waals surface area contributed by atoms with Crippen LogP contribution >= 0.6 is 0 Å². The van der Waals surface area contributed by atoms with Crippen LogP contribution in [-0.2, 0) is 17.8 Å². The number of carboxylic acids is 1. The number of hydrogen-bond acceptors (Lipinski definition) is 4. The van der Waals surface area contributed by atoms with Gasteiger partial charge in [0.15, 0.2) is 0 Å². The number of likely N-dealkylation sites (N-methyl/N-ethyl adjacent to an activating group) is 1. The Labute approximate surface area is 125 Å². The third-order valence-electron chi connectivity index (χ3n) is 3.90. The molecule has 1 aromatic rings. The number of nitrogens with zero attached hydrogens (tertiary/aromatic N) is 3. The quantitative estimate of drug-likeness (QED) is 0.780. The summed E-state index contributed by atoms with van der Waals surface area (Å²) in [6, 6.07) is 0. The van der Waals surface area contributed by atoms with Crippen molar-refractivity contribution < 1.29 is 9.90 Å². The normalized spacial score (nSPS) is 11.1. The van der Waals surface area contributed by atoms with Crippen molar-refractivity contribution >= 4 is 5.97 Å². The zero-order valence-electron chi connectivity index (χ0n) is 13.3. The first-order valence-corrected chi connectivity index (χ1v) is 7.41. The maximum atomic E-state index is 12.1. The summed E-state index contributed by atoms with van der Waals surface area (Å²) in [5, 5.41) is 8.82. The van der Waals surface area contributed by atoms with Crippen LogP contribution in [0.4, 0.5) is 0 Å². The van der Waals surface area contributed by atoms with E-state index < -0.39 is 5.97 Å². The van der Waals surface area contributed by atoms with E-state index in [1.165, 1.54) is 0 Å². The third kappa shape index (κ3) is 4.67. The minimum Gasteiger partial charge on any atom is -0.481 e. The lowest BCUT2D eigenvalue weighted by Gasteiger charge is -2.20. The summed E-state index contributed by atoms with van der Waals surface area (Å²) in [5.41, 5.74) is 2.09. The average Bonchev–Trinajstić information content (AvgIpc) is 2.42. The first-order valence-electron chi connectivity index (χ1n) is 7.41. The molecule has 0 atom stereocenters. The molecular formula is C15H25N3O3. The fourth-order valence-electron chi connectivity index (χ4n) is 2.48. The Kier molecular flexibility index (Phi) is 6.55. The molecule has 0 saturated carbocycles. The van der Waals surface area contributed by atoms with Gasteiger partial charge >= 0.3 is 11.7 Å². The fraction of sp³-hybridized carbons (Fsp3) is 0.667. The standard InChI is InChI=1S/C15H25N3O3/c1-5-17(6-2)9-10-18-12(4)13(7-8-14(19)20)11(3)16-15(18)21/h5-10H2,1-4H3,(H,19,20).